The average molecular weight is 418 g/mol. The van der Waals surface area contributed by atoms with Gasteiger partial charge in [0.1, 0.15) is 22.8 Å². The minimum absolute atomic E-state index is 0.0553. The summed E-state index contributed by atoms with van der Waals surface area (Å²) in [7, 11) is -5.84. The van der Waals surface area contributed by atoms with Gasteiger partial charge in [0, 0.05) is 16.5 Å². The van der Waals surface area contributed by atoms with Gasteiger partial charge in [-0.25, -0.2) is 0 Å². The summed E-state index contributed by atoms with van der Waals surface area (Å²) in [6.45, 7) is 3.85. The van der Waals surface area contributed by atoms with Crippen LogP contribution in [0.1, 0.15) is 25.3 Å². The molecule has 0 unspecified atom stereocenters. The topological polar surface area (TPSA) is 108 Å². The van der Waals surface area contributed by atoms with E-state index in [1.165, 1.54) is 0 Å². The van der Waals surface area contributed by atoms with E-state index in [0.29, 0.717) is 16.9 Å². The molecule has 1 aromatic heterocycles. The Morgan fingerprint density at radius 1 is 1.00 bits per heavy atom. The second-order valence-electron chi connectivity index (χ2n) is 6.15. The predicted molar refractivity (Wildman–Crippen MR) is 96.7 cm³/mol. The van der Waals surface area contributed by atoms with E-state index in [0.717, 1.165) is 11.0 Å². The van der Waals surface area contributed by atoms with Crippen LogP contribution in [0, 0.1) is 0 Å². The molecule has 0 spiro atoms. The Kier molecular flexibility index (Phi) is 5.95. The molecule has 152 valence electrons. The molecule has 3 aromatic rings. The third-order valence-corrected chi connectivity index (χ3v) is 4.30. The van der Waals surface area contributed by atoms with Crippen molar-refractivity contribution >= 4 is 21.1 Å². The van der Waals surface area contributed by atoms with Crippen molar-refractivity contribution in [3.8, 4) is 22.8 Å². The summed E-state index contributed by atoms with van der Waals surface area (Å²) in [5.41, 5.74) is -3.52. The first-order valence-corrected chi connectivity index (χ1v) is 9.34. The van der Waals surface area contributed by atoms with Gasteiger partial charge in [0.05, 0.1) is 0 Å². The number of rotatable bonds is 2. The maximum absolute atomic E-state index is 10.7. The summed E-state index contributed by atoms with van der Waals surface area (Å²) < 4.78 is 63.3. The molecule has 0 amide bonds. The van der Waals surface area contributed by atoms with Gasteiger partial charge in [-0.15, -0.1) is 0 Å². The summed E-state index contributed by atoms with van der Waals surface area (Å²) >= 11 is 0. The van der Waals surface area contributed by atoms with E-state index in [9.17, 15) is 23.4 Å². The largest absolute Gasteiger partial charge is 0.522 e. The van der Waals surface area contributed by atoms with E-state index in [4.69, 9.17) is 17.4 Å². The Morgan fingerprint density at radius 2 is 1.50 bits per heavy atom. The third-order valence-electron chi connectivity index (χ3n) is 3.72. The first-order valence-electron chi connectivity index (χ1n) is 7.90. The van der Waals surface area contributed by atoms with Crippen LogP contribution in [0.15, 0.2) is 46.9 Å². The number of phenolic OH excluding ortho intramolecular Hbond substituents is 2. The molecule has 0 fully saturated rings. The number of furan rings is 1. The smallest absolute Gasteiger partial charge is 0.507 e. The fourth-order valence-electron chi connectivity index (χ4n) is 2.48. The zero-order chi connectivity index (χ0) is 21.3. The monoisotopic (exact) mass is 418 g/mol. The molecule has 3 rings (SSSR count). The summed E-state index contributed by atoms with van der Waals surface area (Å²) in [5.74, 6) is 0.873. The first kappa shape index (κ1) is 21.6. The molecule has 0 aliphatic carbocycles. The van der Waals surface area contributed by atoms with Crippen LogP contribution in [0.25, 0.3) is 22.3 Å². The number of hydrogen-bond acceptors (Lipinski definition) is 5. The third kappa shape index (κ3) is 4.76. The highest BCUT2D eigenvalue weighted by Gasteiger charge is 2.44. The number of benzene rings is 2. The van der Waals surface area contributed by atoms with Crippen molar-refractivity contribution in [3.05, 3.63) is 48.0 Å². The van der Waals surface area contributed by atoms with E-state index in [-0.39, 0.29) is 17.4 Å². The van der Waals surface area contributed by atoms with E-state index in [2.05, 4.69) is 0 Å². The standard InChI is InChI=1S/C17H16O3.CHF3O3S/c1-10(2)17-13(18)7-12(8-14(17)19)16-9-11-5-3-4-6-15(11)20-16;2-1(3,4)8(5,6)7/h3-10,18-19H,1-2H3;(H,5,6,7). The maximum Gasteiger partial charge on any atom is 0.522 e. The molecule has 0 radical (unpaired) electrons. The van der Waals surface area contributed by atoms with Gasteiger partial charge in [0.2, 0.25) is 0 Å². The highest BCUT2D eigenvalue weighted by Crippen LogP contribution is 2.39. The van der Waals surface area contributed by atoms with E-state index in [1.807, 2.05) is 44.2 Å². The van der Waals surface area contributed by atoms with Crippen LogP contribution < -0.4 is 0 Å². The second-order valence-corrected chi connectivity index (χ2v) is 7.57. The minimum atomic E-state index is -5.84. The quantitative estimate of drug-likeness (QED) is 0.398. The Hall–Kier alpha value is -2.72. The summed E-state index contributed by atoms with van der Waals surface area (Å²) in [6, 6.07) is 12.9. The van der Waals surface area contributed by atoms with Gasteiger partial charge in [-0.2, -0.15) is 21.6 Å². The zero-order valence-corrected chi connectivity index (χ0v) is 15.5. The SMILES string of the molecule is CC(C)c1c(O)cc(-c2cc3ccccc3o2)cc1O.O=S(=O)(O)C(F)(F)F. The second kappa shape index (κ2) is 7.72. The van der Waals surface area contributed by atoms with E-state index < -0.39 is 15.6 Å². The van der Waals surface area contributed by atoms with Crippen LogP contribution in [0.4, 0.5) is 13.2 Å². The van der Waals surface area contributed by atoms with Crippen molar-refractivity contribution in [1.29, 1.82) is 0 Å². The van der Waals surface area contributed by atoms with Crippen LogP contribution in [0.2, 0.25) is 0 Å². The van der Waals surface area contributed by atoms with Crippen LogP contribution in [0.3, 0.4) is 0 Å². The van der Waals surface area contributed by atoms with Crippen LogP contribution in [-0.2, 0) is 10.1 Å². The molecular weight excluding hydrogens is 401 g/mol. The van der Waals surface area contributed by atoms with Gasteiger partial charge < -0.3 is 14.6 Å². The molecule has 3 N–H and O–H groups in total. The van der Waals surface area contributed by atoms with Crippen molar-refractivity contribution in [1.82, 2.24) is 0 Å². The lowest BCUT2D eigenvalue weighted by molar-refractivity contribution is -0.0510. The van der Waals surface area contributed by atoms with E-state index >= 15 is 0 Å². The van der Waals surface area contributed by atoms with Crippen molar-refractivity contribution < 1.29 is 40.8 Å². The Labute approximate surface area is 158 Å². The Balaban J connectivity index is 0.000000300. The van der Waals surface area contributed by atoms with Crippen molar-refractivity contribution in [3.63, 3.8) is 0 Å². The van der Waals surface area contributed by atoms with Crippen LogP contribution in [0.5, 0.6) is 11.5 Å². The maximum atomic E-state index is 10.7. The molecule has 0 aliphatic rings. The lowest BCUT2D eigenvalue weighted by Crippen LogP contribution is -2.21. The fourth-order valence-corrected chi connectivity index (χ4v) is 2.48. The lowest BCUT2D eigenvalue weighted by atomic mass is 9.98. The number of halogens is 3. The molecule has 28 heavy (non-hydrogen) atoms. The fraction of sp³-hybridized carbons (Fsp3) is 0.222. The van der Waals surface area contributed by atoms with Crippen molar-refractivity contribution in [2.75, 3.05) is 0 Å². The molecule has 6 nitrogen and oxygen atoms in total. The molecule has 1 heterocycles. The van der Waals surface area contributed by atoms with Crippen LogP contribution in [-0.4, -0.2) is 28.7 Å². The number of fused-ring (bicyclic) bond motifs is 1. The number of para-hydroxylation sites is 1. The lowest BCUT2D eigenvalue weighted by Gasteiger charge is -2.11. The van der Waals surface area contributed by atoms with Gasteiger partial charge in [-0.1, -0.05) is 32.0 Å². The number of phenols is 2. The normalized spacial score (nSPS) is 12.1. The van der Waals surface area contributed by atoms with Gasteiger partial charge >= 0.3 is 15.6 Å². The highest BCUT2D eigenvalue weighted by molar-refractivity contribution is 7.86. The average Bonchev–Trinajstić information content (AvgIpc) is 2.96. The highest BCUT2D eigenvalue weighted by atomic mass is 32.2. The van der Waals surface area contributed by atoms with Gasteiger partial charge in [0.15, 0.2) is 0 Å². The van der Waals surface area contributed by atoms with Gasteiger partial charge in [-0.3, -0.25) is 4.55 Å². The molecule has 0 bridgehead atoms. The van der Waals surface area contributed by atoms with Gasteiger partial charge in [-0.05, 0) is 30.2 Å². The molecule has 0 saturated heterocycles. The number of hydrogen-bond donors (Lipinski definition) is 3. The number of alkyl halides is 3. The molecular formula is C18H17F3O6S. The Morgan fingerprint density at radius 3 is 1.93 bits per heavy atom. The molecule has 2 aromatic carbocycles. The molecule has 10 heteroatoms. The van der Waals surface area contributed by atoms with Gasteiger partial charge in [0.25, 0.3) is 0 Å². The van der Waals surface area contributed by atoms with E-state index in [1.54, 1.807) is 12.1 Å². The summed E-state index contributed by atoms with van der Waals surface area (Å²) in [6.07, 6.45) is 0. The Bertz CT molecular complexity index is 1030. The minimum Gasteiger partial charge on any atom is -0.507 e. The number of aromatic hydroxyl groups is 2. The summed E-state index contributed by atoms with van der Waals surface area (Å²) in [4.78, 5) is 0. The van der Waals surface area contributed by atoms with Crippen molar-refractivity contribution in [2.45, 2.75) is 25.3 Å². The molecule has 0 aliphatic heterocycles. The van der Waals surface area contributed by atoms with Crippen LogP contribution >= 0.6 is 0 Å². The van der Waals surface area contributed by atoms with Crippen molar-refractivity contribution in [2.24, 2.45) is 0 Å². The molecule has 0 atom stereocenters. The molecule has 0 saturated carbocycles. The zero-order valence-electron chi connectivity index (χ0n) is 14.7. The summed E-state index contributed by atoms with van der Waals surface area (Å²) in [5, 5.41) is 21.1. The first-order chi connectivity index (χ1) is 12.8. The predicted octanol–water partition coefficient (Wildman–Crippen LogP) is 5.03.